The van der Waals surface area contributed by atoms with Crippen LogP contribution in [-0.2, 0) is 4.79 Å². The van der Waals surface area contributed by atoms with Crippen LogP contribution in [0.1, 0.15) is 31.3 Å². The molecule has 0 radical (unpaired) electrons. The predicted molar refractivity (Wildman–Crippen MR) is 101 cm³/mol. The molecule has 0 saturated carbocycles. The molecule has 11 heteroatoms. The highest BCUT2D eigenvalue weighted by atomic mass is 32.2. The molecule has 0 spiro atoms. The van der Waals surface area contributed by atoms with Gasteiger partial charge in [-0.3, -0.25) is 14.9 Å². The smallest absolute Gasteiger partial charge is 0.279 e. The van der Waals surface area contributed by atoms with E-state index in [2.05, 4.69) is 26.0 Å². The molecule has 0 aliphatic heterocycles. The zero-order valence-corrected chi connectivity index (χ0v) is 16.4. The van der Waals surface area contributed by atoms with Crippen molar-refractivity contribution in [2.75, 3.05) is 11.1 Å². The largest absolute Gasteiger partial charge is 0.461 e. The lowest BCUT2D eigenvalue weighted by Crippen LogP contribution is -2.41. The predicted octanol–water partition coefficient (Wildman–Crippen LogP) is 3.05. The molecule has 2 N–H and O–H groups in total. The lowest BCUT2D eigenvalue weighted by molar-refractivity contribution is -0.119. The van der Waals surface area contributed by atoms with Crippen LogP contribution in [0, 0.1) is 0 Å². The number of hydrogen-bond acceptors (Lipinski definition) is 9. The van der Waals surface area contributed by atoms with E-state index in [1.165, 1.54) is 35.4 Å². The Morgan fingerprint density at radius 1 is 1.26 bits per heavy atom. The van der Waals surface area contributed by atoms with Gasteiger partial charge in [-0.05, 0) is 32.9 Å². The molecule has 0 unspecified atom stereocenters. The average molecular weight is 407 g/mol. The van der Waals surface area contributed by atoms with Crippen molar-refractivity contribution < 1.29 is 18.5 Å². The third-order valence-electron chi connectivity index (χ3n) is 2.97. The van der Waals surface area contributed by atoms with Gasteiger partial charge in [0.2, 0.25) is 16.8 Å². The summed E-state index contributed by atoms with van der Waals surface area (Å²) in [5.74, 6) is 0.472. The molecule has 0 fully saturated rings. The molecule has 0 aliphatic rings. The van der Waals surface area contributed by atoms with Crippen LogP contribution in [0.15, 0.2) is 37.7 Å². The Kier molecular flexibility index (Phi) is 5.61. The molecule has 3 aromatic rings. The second-order valence-electron chi connectivity index (χ2n) is 6.47. The number of furan rings is 1. The summed E-state index contributed by atoms with van der Waals surface area (Å²) in [6, 6.07) is 4.88. The van der Waals surface area contributed by atoms with E-state index in [1.807, 2.05) is 20.8 Å². The molecule has 3 aromatic heterocycles. The zero-order valence-electron chi connectivity index (χ0n) is 14.8. The van der Waals surface area contributed by atoms with E-state index in [0.717, 1.165) is 0 Å². The number of nitrogens with zero attached hydrogens (tertiary/aromatic N) is 3. The molecule has 0 atom stereocenters. The van der Waals surface area contributed by atoms with Gasteiger partial charge < -0.3 is 14.3 Å². The number of carbonyl (C=O) groups is 2. The highest BCUT2D eigenvalue weighted by Gasteiger charge is 2.18. The van der Waals surface area contributed by atoms with Crippen LogP contribution in [0.5, 0.6) is 0 Å². The minimum atomic E-state index is -0.477. The fourth-order valence-electron chi connectivity index (χ4n) is 1.98. The summed E-state index contributed by atoms with van der Waals surface area (Å²) in [7, 11) is 0. The molecular formula is C16H17N5O4S2. The Labute approximate surface area is 162 Å². The number of nitrogens with one attached hydrogen (secondary N) is 2. The molecule has 3 rings (SSSR count). The first-order valence-electron chi connectivity index (χ1n) is 7.89. The molecule has 27 heavy (non-hydrogen) atoms. The number of anilines is 1. The van der Waals surface area contributed by atoms with E-state index in [9.17, 15) is 9.59 Å². The quantitative estimate of drug-likeness (QED) is 0.472. The summed E-state index contributed by atoms with van der Waals surface area (Å²) in [4.78, 5) is 24.1. The van der Waals surface area contributed by atoms with Crippen molar-refractivity contribution in [3.8, 4) is 11.5 Å². The Bertz CT molecular complexity index is 927. The van der Waals surface area contributed by atoms with Gasteiger partial charge in [0.05, 0.1) is 12.0 Å². The molecule has 0 aliphatic carbocycles. The maximum atomic E-state index is 12.2. The molecule has 0 saturated heterocycles. The van der Waals surface area contributed by atoms with Crippen LogP contribution in [-0.4, -0.2) is 38.5 Å². The number of thioether (sulfide) groups is 1. The molecule has 142 valence electrons. The summed E-state index contributed by atoms with van der Waals surface area (Å²) in [5, 5.41) is 17.3. The third-order valence-corrected chi connectivity index (χ3v) is 4.95. The van der Waals surface area contributed by atoms with E-state index in [4.69, 9.17) is 8.94 Å². The van der Waals surface area contributed by atoms with Crippen molar-refractivity contribution in [2.24, 2.45) is 0 Å². The minimum absolute atomic E-state index is 0.0929. The summed E-state index contributed by atoms with van der Waals surface area (Å²) in [5.41, 5.74) is -0.195. The van der Waals surface area contributed by atoms with Gasteiger partial charge >= 0.3 is 0 Å². The molecule has 3 heterocycles. The molecule has 0 bridgehead atoms. The number of amides is 2. The summed E-state index contributed by atoms with van der Waals surface area (Å²) in [6.45, 7) is 5.74. The van der Waals surface area contributed by atoms with Gasteiger partial charge in [0.1, 0.15) is 0 Å². The second-order valence-corrected chi connectivity index (χ2v) is 8.67. The van der Waals surface area contributed by atoms with E-state index >= 15 is 0 Å². The van der Waals surface area contributed by atoms with E-state index < -0.39 is 5.91 Å². The standard InChI is InChI=1S/C16H17N5O4S2/c1-16(2,3)18-12(22)8-26-15-20-19-14(27-15)17-13(23)9-7-11(25-21-9)10-5-4-6-24-10/h4-7H,8H2,1-3H3,(H,18,22)(H,17,19,23). The first-order chi connectivity index (χ1) is 12.8. The van der Waals surface area contributed by atoms with E-state index in [-0.39, 0.29) is 22.9 Å². The fourth-order valence-corrected chi connectivity index (χ4v) is 3.53. The normalized spacial score (nSPS) is 11.4. The van der Waals surface area contributed by atoms with Crippen LogP contribution < -0.4 is 10.6 Å². The maximum Gasteiger partial charge on any atom is 0.279 e. The monoisotopic (exact) mass is 407 g/mol. The molecule has 9 nitrogen and oxygen atoms in total. The van der Waals surface area contributed by atoms with Gasteiger partial charge in [-0.15, -0.1) is 10.2 Å². The van der Waals surface area contributed by atoms with Crippen LogP contribution in [0.25, 0.3) is 11.5 Å². The number of rotatable bonds is 6. The highest BCUT2D eigenvalue weighted by Crippen LogP contribution is 2.26. The molecule has 2 amide bonds. The van der Waals surface area contributed by atoms with Crippen molar-refractivity contribution >= 4 is 40.0 Å². The van der Waals surface area contributed by atoms with Crippen molar-refractivity contribution in [3.63, 3.8) is 0 Å². The average Bonchev–Trinajstić information content (AvgIpc) is 3.32. The molecular weight excluding hydrogens is 390 g/mol. The van der Waals surface area contributed by atoms with E-state index in [1.54, 1.807) is 12.1 Å². The minimum Gasteiger partial charge on any atom is -0.461 e. The van der Waals surface area contributed by atoms with Crippen LogP contribution in [0.4, 0.5) is 5.13 Å². The van der Waals surface area contributed by atoms with Gasteiger partial charge in [-0.2, -0.15) is 0 Å². The Morgan fingerprint density at radius 2 is 2.07 bits per heavy atom. The summed E-state index contributed by atoms with van der Waals surface area (Å²) in [6.07, 6.45) is 1.50. The zero-order chi connectivity index (χ0) is 19.4. The van der Waals surface area contributed by atoms with Crippen molar-refractivity contribution in [2.45, 2.75) is 30.6 Å². The van der Waals surface area contributed by atoms with Gasteiger partial charge in [-0.25, -0.2) is 0 Å². The number of hydrogen-bond donors (Lipinski definition) is 2. The SMILES string of the molecule is CC(C)(C)NC(=O)CSc1nnc(NC(=O)c2cc(-c3ccco3)on2)s1. The van der Waals surface area contributed by atoms with Crippen LogP contribution >= 0.6 is 23.1 Å². The first-order valence-corrected chi connectivity index (χ1v) is 9.69. The van der Waals surface area contributed by atoms with Gasteiger partial charge in [0.25, 0.3) is 5.91 Å². The van der Waals surface area contributed by atoms with E-state index in [0.29, 0.717) is 21.0 Å². The maximum absolute atomic E-state index is 12.2. The van der Waals surface area contributed by atoms with Gasteiger partial charge in [-0.1, -0.05) is 28.3 Å². The molecule has 0 aromatic carbocycles. The van der Waals surface area contributed by atoms with Gasteiger partial charge in [0.15, 0.2) is 15.8 Å². The third kappa shape index (κ3) is 5.41. The lowest BCUT2D eigenvalue weighted by atomic mass is 10.1. The summed E-state index contributed by atoms with van der Waals surface area (Å²) < 4.78 is 10.9. The van der Waals surface area contributed by atoms with Crippen molar-refractivity contribution in [3.05, 3.63) is 30.2 Å². The number of aromatic nitrogens is 3. The first kappa shape index (κ1) is 19.1. The van der Waals surface area contributed by atoms with Gasteiger partial charge in [0, 0.05) is 11.6 Å². The van der Waals surface area contributed by atoms with Crippen molar-refractivity contribution in [1.82, 2.24) is 20.7 Å². The lowest BCUT2D eigenvalue weighted by Gasteiger charge is -2.19. The Morgan fingerprint density at radius 3 is 2.78 bits per heavy atom. The van der Waals surface area contributed by atoms with Crippen molar-refractivity contribution in [1.29, 1.82) is 0 Å². The summed E-state index contributed by atoms with van der Waals surface area (Å²) >= 11 is 2.42. The van der Waals surface area contributed by atoms with Crippen LogP contribution in [0.3, 0.4) is 0 Å². The van der Waals surface area contributed by atoms with Crippen LogP contribution in [0.2, 0.25) is 0 Å². The Balaban J connectivity index is 1.54. The number of carbonyl (C=O) groups excluding carboxylic acids is 2. The fraction of sp³-hybridized carbons (Fsp3) is 0.312. The second kappa shape index (κ2) is 7.92. The highest BCUT2D eigenvalue weighted by molar-refractivity contribution is 8.01. The Hall–Kier alpha value is -2.66. The topological polar surface area (TPSA) is 123 Å².